The van der Waals surface area contributed by atoms with Crippen molar-refractivity contribution in [1.82, 2.24) is 24.3 Å². The molecule has 0 aliphatic carbocycles. The molecule has 30 heavy (non-hydrogen) atoms. The average Bonchev–Trinajstić information content (AvgIpc) is 3.45. The van der Waals surface area contributed by atoms with Gasteiger partial charge in [-0.05, 0) is 53.9 Å². The van der Waals surface area contributed by atoms with Gasteiger partial charge in [0.15, 0.2) is 0 Å². The Morgan fingerprint density at radius 1 is 0.900 bits per heavy atom. The van der Waals surface area contributed by atoms with Gasteiger partial charge in [0, 0.05) is 29.9 Å². The monoisotopic (exact) mass is 570 g/mol. The number of anilines is 1. The second-order valence-corrected chi connectivity index (χ2v) is 6.58. The van der Waals surface area contributed by atoms with E-state index >= 15 is 0 Å². The molecule has 0 amide bonds. The molecule has 0 fully saturated rings. The third-order valence-corrected chi connectivity index (χ3v) is 4.68. The van der Waals surface area contributed by atoms with Gasteiger partial charge in [0.1, 0.15) is 0 Å². The van der Waals surface area contributed by atoms with E-state index in [-0.39, 0.29) is 20.1 Å². The fourth-order valence-electron chi connectivity index (χ4n) is 3.34. The molecule has 6 rings (SSSR count). The van der Waals surface area contributed by atoms with Gasteiger partial charge in [0.05, 0.1) is 0 Å². The van der Waals surface area contributed by atoms with Crippen LogP contribution in [-0.4, -0.2) is 31.3 Å². The number of hydrogen-bond donors (Lipinski definition) is 0. The van der Waals surface area contributed by atoms with Crippen molar-refractivity contribution in [2.24, 2.45) is 0 Å². The van der Waals surface area contributed by atoms with Gasteiger partial charge in [-0.1, -0.05) is 12.3 Å². The molecule has 0 bridgehead atoms. The van der Waals surface area contributed by atoms with E-state index in [4.69, 9.17) is 0 Å². The van der Waals surface area contributed by atoms with Crippen LogP contribution in [0.15, 0.2) is 79.7 Å². The van der Waals surface area contributed by atoms with Gasteiger partial charge in [-0.3, -0.25) is 4.98 Å². The summed E-state index contributed by atoms with van der Waals surface area (Å²) >= 11 is 0. The number of pyridine rings is 3. The van der Waals surface area contributed by atoms with Crippen molar-refractivity contribution in [3.8, 4) is 0 Å². The Morgan fingerprint density at radius 3 is 2.57 bits per heavy atom. The predicted octanol–water partition coefficient (Wildman–Crippen LogP) is 4.06. The first kappa shape index (κ1) is 20.0. The van der Waals surface area contributed by atoms with Crippen molar-refractivity contribution >= 4 is 33.1 Å². The van der Waals surface area contributed by atoms with E-state index in [1.165, 1.54) is 0 Å². The van der Waals surface area contributed by atoms with Crippen LogP contribution in [0, 0.1) is 18.9 Å². The van der Waals surface area contributed by atoms with Crippen LogP contribution in [0.2, 0.25) is 0 Å². The van der Waals surface area contributed by atoms with Gasteiger partial charge in [0.2, 0.25) is 0 Å². The standard InChI is InChI=1S/C13H7N4.C10H10N2.Ir/c1-2-9-11-8-14-5-3-10(11)13-16-6-7-17(13)12(9)15-4-1;1-11-7-8-12(9-11)10-5-3-2-4-6-10;/h1-6,8H;2-5,7-9H,1H3;/q-1;-2;+3. The zero-order valence-corrected chi connectivity index (χ0v) is 18.5. The van der Waals surface area contributed by atoms with Crippen LogP contribution in [0.1, 0.15) is 0 Å². The molecule has 0 saturated heterocycles. The molecular formula is C23H17IrN6. The Morgan fingerprint density at radius 2 is 1.77 bits per heavy atom. The Kier molecular flexibility index (Phi) is 5.74. The number of nitrogens with zero attached hydrogens (tertiary/aromatic N) is 6. The van der Waals surface area contributed by atoms with Gasteiger partial charge in [0.25, 0.3) is 0 Å². The summed E-state index contributed by atoms with van der Waals surface area (Å²) in [4.78, 5) is 16.9. The molecule has 0 atom stereocenters. The Hall–Kier alpha value is -3.28. The summed E-state index contributed by atoms with van der Waals surface area (Å²) in [6.45, 7) is 2.01. The molecule has 5 heterocycles. The molecule has 7 heteroatoms. The fourth-order valence-corrected chi connectivity index (χ4v) is 3.34. The number of hydrogen-bond acceptors (Lipinski definition) is 5. The second-order valence-electron chi connectivity index (χ2n) is 6.58. The summed E-state index contributed by atoms with van der Waals surface area (Å²) in [5.74, 6) is 0. The summed E-state index contributed by atoms with van der Waals surface area (Å²) in [7, 11) is 2.00. The first-order valence-electron chi connectivity index (χ1n) is 9.17. The smallest absolute Gasteiger partial charge is 0.510 e. The number of para-hydroxylation sites is 1. The predicted molar refractivity (Wildman–Crippen MR) is 114 cm³/mol. The van der Waals surface area contributed by atoms with Crippen LogP contribution in [0.4, 0.5) is 5.69 Å². The van der Waals surface area contributed by atoms with Crippen LogP contribution in [0.5, 0.6) is 0 Å². The van der Waals surface area contributed by atoms with Crippen LogP contribution in [-0.2, 0) is 20.1 Å². The molecule has 4 aromatic heterocycles. The third kappa shape index (κ3) is 3.65. The minimum Gasteiger partial charge on any atom is -0.510 e. The number of fused-ring (bicyclic) bond motifs is 6. The largest absolute Gasteiger partial charge is 3.00 e. The molecule has 1 aliphatic rings. The van der Waals surface area contributed by atoms with Gasteiger partial charge in [-0.15, -0.1) is 5.69 Å². The number of imidazole rings is 1. The molecular weight excluding hydrogens is 553 g/mol. The molecule has 1 aliphatic heterocycles. The first-order valence-corrected chi connectivity index (χ1v) is 9.17. The molecule has 148 valence electrons. The van der Waals surface area contributed by atoms with Crippen LogP contribution < -0.4 is 4.90 Å². The minimum atomic E-state index is 0. The van der Waals surface area contributed by atoms with Crippen molar-refractivity contribution < 1.29 is 20.1 Å². The van der Waals surface area contributed by atoms with E-state index in [0.717, 1.165) is 33.1 Å². The van der Waals surface area contributed by atoms with E-state index in [1.807, 2.05) is 89.0 Å². The average molecular weight is 570 g/mol. The molecule has 0 radical (unpaired) electrons. The summed E-state index contributed by atoms with van der Waals surface area (Å²) in [6.07, 6.45) is 14.2. The first-order chi connectivity index (χ1) is 14.3. The second kappa shape index (κ2) is 8.61. The van der Waals surface area contributed by atoms with Crippen LogP contribution >= 0.6 is 0 Å². The normalized spacial score (nSPS) is 12.8. The molecule has 6 nitrogen and oxygen atoms in total. The van der Waals surface area contributed by atoms with E-state index < -0.39 is 0 Å². The van der Waals surface area contributed by atoms with Crippen molar-refractivity contribution in [2.45, 2.75) is 0 Å². The topological polar surface area (TPSA) is 49.6 Å². The number of aromatic nitrogens is 4. The maximum Gasteiger partial charge on any atom is 3.00 e. The maximum absolute atomic E-state index is 4.40. The molecule has 0 unspecified atom stereocenters. The summed E-state index contributed by atoms with van der Waals surface area (Å²) in [5, 5.41) is 3.21. The SMILES string of the molecule is CN1C=CN(c2[c-]cccc2)[CH-]1.[Ir+3].[c-]1cnc2c3ccncc3c3cccnc3n12. The van der Waals surface area contributed by atoms with Gasteiger partial charge in [-0.25, -0.2) is 0 Å². The van der Waals surface area contributed by atoms with E-state index in [1.54, 1.807) is 18.6 Å². The zero-order chi connectivity index (χ0) is 19.6. The zero-order valence-electron chi connectivity index (χ0n) is 16.1. The van der Waals surface area contributed by atoms with Gasteiger partial charge < -0.3 is 24.2 Å². The van der Waals surface area contributed by atoms with E-state index in [0.29, 0.717) is 0 Å². The van der Waals surface area contributed by atoms with Crippen molar-refractivity contribution in [3.05, 3.63) is 98.6 Å². The number of rotatable bonds is 1. The molecule has 5 aromatic rings. The van der Waals surface area contributed by atoms with E-state index in [9.17, 15) is 0 Å². The van der Waals surface area contributed by atoms with Gasteiger partial charge in [-0.2, -0.15) is 37.0 Å². The Balaban J connectivity index is 0.000000149. The Labute approximate surface area is 187 Å². The molecule has 0 spiro atoms. The fraction of sp³-hybridized carbons (Fsp3) is 0.0435. The third-order valence-electron chi connectivity index (χ3n) is 4.68. The van der Waals surface area contributed by atoms with E-state index in [2.05, 4.69) is 27.2 Å². The Bertz CT molecular complexity index is 1250. The maximum atomic E-state index is 4.40. The number of benzene rings is 1. The van der Waals surface area contributed by atoms with Crippen LogP contribution in [0.25, 0.3) is 27.5 Å². The molecule has 1 aromatic carbocycles. The molecule has 0 saturated carbocycles. The van der Waals surface area contributed by atoms with Crippen molar-refractivity contribution in [2.75, 3.05) is 11.9 Å². The summed E-state index contributed by atoms with van der Waals surface area (Å²) in [5.41, 5.74) is 2.80. The quantitative estimate of drug-likeness (QED) is 0.225. The van der Waals surface area contributed by atoms with Crippen LogP contribution in [0.3, 0.4) is 0 Å². The van der Waals surface area contributed by atoms with Crippen molar-refractivity contribution in [3.63, 3.8) is 0 Å². The molecule has 0 N–H and O–H groups in total. The minimum absolute atomic E-state index is 0. The summed E-state index contributed by atoms with van der Waals surface area (Å²) < 4.78 is 1.89. The summed E-state index contributed by atoms with van der Waals surface area (Å²) in [6, 6.07) is 17.0. The van der Waals surface area contributed by atoms with Crippen molar-refractivity contribution in [1.29, 1.82) is 0 Å². The van der Waals surface area contributed by atoms with Gasteiger partial charge >= 0.3 is 20.1 Å².